The lowest BCUT2D eigenvalue weighted by molar-refractivity contribution is 0.682. The first-order valence-electron chi connectivity index (χ1n) is 5.09. The van der Waals surface area contributed by atoms with Crippen LogP contribution in [0.3, 0.4) is 0 Å². The normalized spacial score (nSPS) is 20.6. The van der Waals surface area contributed by atoms with E-state index in [0.29, 0.717) is 11.6 Å². The fourth-order valence-corrected chi connectivity index (χ4v) is 2.73. The van der Waals surface area contributed by atoms with Crippen molar-refractivity contribution in [1.82, 2.24) is 4.98 Å². The Morgan fingerprint density at radius 1 is 1.60 bits per heavy atom. The van der Waals surface area contributed by atoms with Crippen LogP contribution >= 0.6 is 11.8 Å². The maximum Gasteiger partial charge on any atom is 0.144 e. The molecule has 0 radical (unpaired) electrons. The number of rotatable bonds is 2. The summed E-state index contributed by atoms with van der Waals surface area (Å²) in [5.74, 6) is 3.10. The van der Waals surface area contributed by atoms with E-state index in [1.54, 1.807) is 18.3 Å². The van der Waals surface area contributed by atoms with Gasteiger partial charge in [0.2, 0.25) is 0 Å². The minimum Gasteiger partial charge on any atom is -0.365 e. The Morgan fingerprint density at radius 3 is 3.27 bits per heavy atom. The molecule has 15 heavy (non-hydrogen) atoms. The molecule has 1 unspecified atom stereocenters. The lowest BCUT2D eigenvalue weighted by Gasteiger charge is -2.23. The van der Waals surface area contributed by atoms with Crippen LogP contribution < -0.4 is 5.32 Å². The van der Waals surface area contributed by atoms with Crippen molar-refractivity contribution < 1.29 is 0 Å². The molecule has 0 amide bonds. The Balaban J connectivity index is 2.06. The zero-order valence-corrected chi connectivity index (χ0v) is 9.26. The maximum absolute atomic E-state index is 8.91. The van der Waals surface area contributed by atoms with Crippen molar-refractivity contribution in [2.24, 2.45) is 0 Å². The van der Waals surface area contributed by atoms with Gasteiger partial charge in [-0.25, -0.2) is 4.98 Å². The molecule has 0 aliphatic carbocycles. The summed E-state index contributed by atoms with van der Waals surface area (Å²) in [7, 11) is 0. The molecule has 0 spiro atoms. The molecule has 2 heterocycles. The number of aromatic nitrogens is 1. The zero-order valence-electron chi connectivity index (χ0n) is 8.44. The molecule has 1 aromatic rings. The van der Waals surface area contributed by atoms with Crippen LogP contribution in [0.4, 0.5) is 5.82 Å². The lowest BCUT2D eigenvalue weighted by Crippen LogP contribution is -2.26. The average Bonchev–Trinajstić information content (AvgIpc) is 2.31. The largest absolute Gasteiger partial charge is 0.365 e. The number of hydrogen-bond donors (Lipinski definition) is 1. The molecule has 1 fully saturated rings. The number of hydrogen-bond acceptors (Lipinski definition) is 4. The standard InChI is InChI=1S/C11H13N3S/c12-7-9-3-1-5-13-11(9)14-10-4-2-6-15-8-10/h1,3,5,10H,2,4,6,8H2,(H,13,14). The van der Waals surface area contributed by atoms with Crippen molar-refractivity contribution in [1.29, 1.82) is 5.26 Å². The number of nitriles is 1. The lowest BCUT2D eigenvalue weighted by atomic mass is 10.1. The fraction of sp³-hybridized carbons (Fsp3) is 0.455. The molecule has 1 atom stereocenters. The van der Waals surface area contributed by atoms with Crippen molar-refractivity contribution in [3.63, 3.8) is 0 Å². The van der Waals surface area contributed by atoms with E-state index < -0.39 is 0 Å². The van der Waals surface area contributed by atoms with E-state index in [1.807, 2.05) is 11.8 Å². The second-order valence-electron chi connectivity index (χ2n) is 3.57. The van der Waals surface area contributed by atoms with E-state index in [-0.39, 0.29) is 0 Å². The smallest absolute Gasteiger partial charge is 0.144 e. The molecule has 1 aromatic heterocycles. The highest BCUT2D eigenvalue weighted by Crippen LogP contribution is 2.21. The summed E-state index contributed by atoms with van der Waals surface area (Å²) in [4.78, 5) is 4.20. The molecule has 78 valence electrons. The van der Waals surface area contributed by atoms with Crippen LogP contribution in [0.1, 0.15) is 18.4 Å². The predicted octanol–water partition coefficient (Wildman–Crippen LogP) is 2.26. The van der Waals surface area contributed by atoms with Gasteiger partial charge in [0, 0.05) is 18.0 Å². The van der Waals surface area contributed by atoms with Gasteiger partial charge in [-0.3, -0.25) is 0 Å². The first-order valence-corrected chi connectivity index (χ1v) is 6.25. The summed E-state index contributed by atoms with van der Waals surface area (Å²) >= 11 is 1.96. The van der Waals surface area contributed by atoms with Gasteiger partial charge in [0.25, 0.3) is 0 Å². The molecule has 1 saturated heterocycles. The summed E-state index contributed by atoms with van der Waals surface area (Å²) in [5.41, 5.74) is 0.632. The average molecular weight is 219 g/mol. The quantitative estimate of drug-likeness (QED) is 0.829. The van der Waals surface area contributed by atoms with Crippen LogP contribution in [0.2, 0.25) is 0 Å². The third-order valence-electron chi connectivity index (χ3n) is 2.43. The van der Waals surface area contributed by atoms with E-state index in [1.165, 1.54) is 18.6 Å². The summed E-state index contributed by atoms with van der Waals surface area (Å²) in [6.45, 7) is 0. The zero-order chi connectivity index (χ0) is 10.5. The number of pyridine rings is 1. The number of thioether (sulfide) groups is 1. The van der Waals surface area contributed by atoms with Crippen molar-refractivity contribution in [3.05, 3.63) is 23.9 Å². The topological polar surface area (TPSA) is 48.7 Å². The van der Waals surface area contributed by atoms with Crippen LogP contribution in [0.5, 0.6) is 0 Å². The molecular formula is C11H13N3S. The SMILES string of the molecule is N#Cc1cccnc1NC1CCCSC1. The van der Waals surface area contributed by atoms with Crippen LogP contribution in [0.25, 0.3) is 0 Å². The Hall–Kier alpha value is -1.21. The molecule has 0 aromatic carbocycles. The summed E-state index contributed by atoms with van der Waals surface area (Å²) in [5, 5.41) is 12.3. The van der Waals surface area contributed by atoms with Crippen LogP contribution in [-0.2, 0) is 0 Å². The Labute approximate surface area is 93.9 Å². The van der Waals surface area contributed by atoms with E-state index in [2.05, 4.69) is 16.4 Å². The van der Waals surface area contributed by atoms with Gasteiger partial charge < -0.3 is 5.32 Å². The van der Waals surface area contributed by atoms with Crippen molar-refractivity contribution >= 4 is 17.6 Å². The van der Waals surface area contributed by atoms with Crippen molar-refractivity contribution in [3.8, 4) is 6.07 Å². The minimum atomic E-state index is 0.464. The van der Waals surface area contributed by atoms with Gasteiger partial charge in [-0.1, -0.05) is 0 Å². The number of nitrogens with zero attached hydrogens (tertiary/aromatic N) is 2. The molecule has 3 nitrogen and oxygen atoms in total. The highest BCUT2D eigenvalue weighted by atomic mass is 32.2. The fourth-order valence-electron chi connectivity index (χ4n) is 1.66. The highest BCUT2D eigenvalue weighted by Gasteiger charge is 2.15. The van der Waals surface area contributed by atoms with E-state index in [4.69, 9.17) is 5.26 Å². The molecule has 1 aliphatic heterocycles. The van der Waals surface area contributed by atoms with Crippen LogP contribution in [0.15, 0.2) is 18.3 Å². The molecule has 1 N–H and O–H groups in total. The summed E-state index contributed by atoms with van der Waals surface area (Å²) in [6.07, 6.45) is 4.14. The first kappa shape index (κ1) is 10.3. The molecule has 1 aliphatic rings. The minimum absolute atomic E-state index is 0.464. The van der Waals surface area contributed by atoms with E-state index in [9.17, 15) is 0 Å². The summed E-state index contributed by atoms with van der Waals surface area (Å²) in [6, 6.07) is 6.20. The van der Waals surface area contributed by atoms with Gasteiger partial charge in [-0.15, -0.1) is 0 Å². The predicted molar refractivity (Wildman–Crippen MR) is 62.9 cm³/mol. The first-order chi connectivity index (χ1) is 7.40. The second-order valence-corrected chi connectivity index (χ2v) is 4.72. The molecular weight excluding hydrogens is 206 g/mol. The third-order valence-corrected chi connectivity index (χ3v) is 3.64. The second kappa shape index (κ2) is 5.04. The van der Waals surface area contributed by atoms with E-state index in [0.717, 1.165) is 11.6 Å². The molecule has 0 saturated carbocycles. The maximum atomic E-state index is 8.91. The number of anilines is 1. The molecule has 0 bridgehead atoms. The van der Waals surface area contributed by atoms with Gasteiger partial charge in [-0.2, -0.15) is 17.0 Å². The van der Waals surface area contributed by atoms with Gasteiger partial charge in [0.15, 0.2) is 0 Å². The third kappa shape index (κ3) is 2.63. The summed E-state index contributed by atoms with van der Waals surface area (Å²) < 4.78 is 0. The Bertz CT molecular complexity index is 366. The number of nitrogens with one attached hydrogen (secondary N) is 1. The van der Waals surface area contributed by atoms with Crippen LogP contribution in [0, 0.1) is 11.3 Å². The van der Waals surface area contributed by atoms with Gasteiger partial charge in [0.1, 0.15) is 11.9 Å². The van der Waals surface area contributed by atoms with Gasteiger partial charge in [0.05, 0.1) is 5.56 Å². The molecule has 4 heteroatoms. The highest BCUT2D eigenvalue weighted by molar-refractivity contribution is 7.99. The van der Waals surface area contributed by atoms with Crippen molar-refractivity contribution in [2.75, 3.05) is 16.8 Å². The van der Waals surface area contributed by atoms with Crippen LogP contribution in [-0.4, -0.2) is 22.5 Å². The Morgan fingerprint density at radius 2 is 2.53 bits per heavy atom. The monoisotopic (exact) mass is 219 g/mol. The van der Waals surface area contributed by atoms with Gasteiger partial charge >= 0.3 is 0 Å². The van der Waals surface area contributed by atoms with Crippen molar-refractivity contribution in [2.45, 2.75) is 18.9 Å². The molecule has 2 rings (SSSR count). The van der Waals surface area contributed by atoms with Gasteiger partial charge in [-0.05, 0) is 30.7 Å². The Kier molecular flexibility index (Phi) is 3.46. The van der Waals surface area contributed by atoms with E-state index >= 15 is 0 Å².